The molecule has 1 fully saturated rings. The van der Waals surface area contributed by atoms with Crippen LogP contribution in [0.3, 0.4) is 0 Å². The minimum Gasteiger partial charge on any atom is -0.481 e. The van der Waals surface area contributed by atoms with Crippen LogP contribution in [0.1, 0.15) is 52.4 Å². The monoisotopic (exact) mass is 272 g/mol. The molecule has 0 aromatic heterocycles. The molecule has 19 heavy (non-hydrogen) atoms. The van der Waals surface area contributed by atoms with Gasteiger partial charge in [-0.05, 0) is 32.1 Å². The summed E-state index contributed by atoms with van der Waals surface area (Å²) in [5.74, 6) is -0.808. The predicted molar refractivity (Wildman–Crippen MR) is 70.5 cm³/mol. The zero-order valence-corrected chi connectivity index (χ0v) is 11.7. The third-order valence-electron chi connectivity index (χ3n) is 3.44. The van der Waals surface area contributed by atoms with E-state index in [1.165, 1.54) is 0 Å². The SMILES string of the molecule is CC(C)NOC(=O)NCC1(CC(=O)O)CCCCC1. The van der Waals surface area contributed by atoms with Gasteiger partial charge < -0.3 is 15.3 Å². The molecule has 0 saturated heterocycles. The van der Waals surface area contributed by atoms with Gasteiger partial charge in [0.1, 0.15) is 0 Å². The first kappa shape index (κ1) is 15.8. The summed E-state index contributed by atoms with van der Waals surface area (Å²) in [6, 6.07) is 0.0495. The van der Waals surface area contributed by atoms with Crippen LogP contribution in [-0.2, 0) is 9.63 Å². The molecule has 1 aliphatic carbocycles. The maximum absolute atomic E-state index is 11.5. The quantitative estimate of drug-likeness (QED) is 0.644. The van der Waals surface area contributed by atoms with Gasteiger partial charge in [-0.2, -0.15) is 0 Å². The summed E-state index contributed by atoms with van der Waals surface area (Å²) in [5.41, 5.74) is 2.24. The lowest BCUT2D eigenvalue weighted by molar-refractivity contribution is -0.140. The van der Waals surface area contributed by atoms with Crippen molar-refractivity contribution in [3.05, 3.63) is 0 Å². The molecule has 6 nitrogen and oxygen atoms in total. The lowest BCUT2D eigenvalue weighted by Crippen LogP contribution is -2.42. The van der Waals surface area contributed by atoms with E-state index in [9.17, 15) is 9.59 Å². The highest BCUT2D eigenvalue weighted by atomic mass is 16.7. The highest BCUT2D eigenvalue weighted by Gasteiger charge is 2.34. The van der Waals surface area contributed by atoms with E-state index in [2.05, 4.69) is 10.8 Å². The summed E-state index contributed by atoms with van der Waals surface area (Å²) in [7, 11) is 0. The zero-order chi connectivity index (χ0) is 14.3. The number of carboxylic acids is 1. The van der Waals surface area contributed by atoms with Crippen molar-refractivity contribution in [2.45, 2.75) is 58.4 Å². The molecule has 1 amide bonds. The van der Waals surface area contributed by atoms with Gasteiger partial charge in [-0.3, -0.25) is 4.79 Å². The van der Waals surface area contributed by atoms with E-state index >= 15 is 0 Å². The Hall–Kier alpha value is -1.30. The number of hydroxylamine groups is 1. The number of carbonyl (C=O) groups excluding carboxylic acids is 1. The van der Waals surface area contributed by atoms with Gasteiger partial charge in [-0.25, -0.2) is 4.79 Å². The second-order valence-corrected chi connectivity index (χ2v) is 5.65. The van der Waals surface area contributed by atoms with Crippen LogP contribution in [0, 0.1) is 5.41 Å². The first-order chi connectivity index (χ1) is 8.93. The van der Waals surface area contributed by atoms with Crippen LogP contribution >= 0.6 is 0 Å². The van der Waals surface area contributed by atoms with E-state index in [4.69, 9.17) is 9.94 Å². The van der Waals surface area contributed by atoms with Crippen molar-refractivity contribution >= 4 is 12.1 Å². The van der Waals surface area contributed by atoms with Crippen LogP contribution in [0.25, 0.3) is 0 Å². The standard InChI is InChI=1S/C13H24N2O4/c1-10(2)15-19-12(18)14-9-13(8-11(16)17)6-4-3-5-7-13/h10,15H,3-9H2,1-2H3,(H,14,18)(H,16,17). The Morgan fingerprint density at radius 1 is 1.26 bits per heavy atom. The molecule has 1 aliphatic rings. The normalized spacial score (nSPS) is 18.1. The fourth-order valence-electron chi connectivity index (χ4n) is 2.51. The number of nitrogens with one attached hydrogen (secondary N) is 2. The van der Waals surface area contributed by atoms with E-state index in [0.717, 1.165) is 32.1 Å². The third-order valence-corrected chi connectivity index (χ3v) is 3.44. The Morgan fingerprint density at radius 2 is 1.89 bits per heavy atom. The number of aliphatic carboxylic acids is 1. The third kappa shape index (κ3) is 5.92. The summed E-state index contributed by atoms with van der Waals surface area (Å²) < 4.78 is 0. The van der Waals surface area contributed by atoms with E-state index in [1.807, 2.05) is 13.8 Å². The van der Waals surface area contributed by atoms with Gasteiger partial charge in [0, 0.05) is 12.6 Å². The van der Waals surface area contributed by atoms with E-state index in [-0.39, 0.29) is 17.9 Å². The van der Waals surface area contributed by atoms with Gasteiger partial charge in [0.2, 0.25) is 0 Å². The number of rotatable bonds is 6. The van der Waals surface area contributed by atoms with E-state index in [1.54, 1.807) is 0 Å². The molecule has 0 spiro atoms. The minimum absolute atomic E-state index is 0.0495. The molecular formula is C13H24N2O4. The van der Waals surface area contributed by atoms with E-state index in [0.29, 0.717) is 6.54 Å². The van der Waals surface area contributed by atoms with Gasteiger partial charge >= 0.3 is 12.1 Å². The summed E-state index contributed by atoms with van der Waals surface area (Å²) in [4.78, 5) is 27.2. The Bertz CT molecular complexity index is 312. The molecule has 0 aromatic rings. The molecule has 0 radical (unpaired) electrons. The molecule has 0 unspecified atom stereocenters. The van der Waals surface area contributed by atoms with Crippen LogP contribution in [0.4, 0.5) is 4.79 Å². The van der Waals surface area contributed by atoms with Crippen molar-refractivity contribution in [2.75, 3.05) is 6.54 Å². The van der Waals surface area contributed by atoms with Gasteiger partial charge in [0.15, 0.2) is 0 Å². The first-order valence-electron chi connectivity index (χ1n) is 6.85. The number of carbonyl (C=O) groups is 2. The fourth-order valence-corrected chi connectivity index (χ4v) is 2.51. The average Bonchev–Trinajstić information content (AvgIpc) is 2.34. The van der Waals surface area contributed by atoms with Crippen molar-refractivity contribution in [2.24, 2.45) is 5.41 Å². The van der Waals surface area contributed by atoms with Crippen LogP contribution in [0.15, 0.2) is 0 Å². The number of carboxylic acid groups (broad SMARTS) is 1. The lowest BCUT2D eigenvalue weighted by Gasteiger charge is -2.36. The molecule has 0 aromatic carbocycles. The number of amides is 1. The zero-order valence-electron chi connectivity index (χ0n) is 11.7. The topological polar surface area (TPSA) is 87.7 Å². The molecule has 0 aliphatic heterocycles. The minimum atomic E-state index is -0.808. The van der Waals surface area contributed by atoms with Crippen molar-refractivity contribution < 1.29 is 19.5 Å². The van der Waals surface area contributed by atoms with Crippen LogP contribution in [0.2, 0.25) is 0 Å². The summed E-state index contributed by atoms with van der Waals surface area (Å²) in [5, 5.41) is 11.7. The van der Waals surface area contributed by atoms with Crippen LogP contribution < -0.4 is 10.8 Å². The van der Waals surface area contributed by atoms with Crippen LogP contribution in [0.5, 0.6) is 0 Å². The maximum atomic E-state index is 11.5. The molecule has 0 atom stereocenters. The second kappa shape index (κ2) is 7.33. The summed E-state index contributed by atoms with van der Waals surface area (Å²) >= 11 is 0. The lowest BCUT2D eigenvalue weighted by atomic mass is 9.72. The number of hydrogen-bond acceptors (Lipinski definition) is 4. The van der Waals surface area contributed by atoms with Crippen molar-refractivity contribution in [1.82, 2.24) is 10.8 Å². The fraction of sp³-hybridized carbons (Fsp3) is 0.846. The van der Waals surface area contributed by atoms with Gasteiger partial charge in [-0.1, -0.05) is 19.3 Å². The highest BCUT2D eigenvalue weighted by molar-refractivity contribution is 5.69. The summed E-state index contributed by atoms with van der Waals surface area (Å²) in [6.07, 6.45) is 4.42. The van der Waals surface area contributed by atoms with Gasteiger partial charge in [-0.15, -0.1) is 5.48 Å². The number of hydrogen-bond donors (Lipinski definition) is 3. The van der Waals surface area contributed by atoms with Crippen molar-refractivity contribution in [1.29, 1.82) is 0 Å². The second-order valence-electron chi connectivity index (χ2n) is 5.65. The molecule has 0 heterocycles. The Labute approximate surface area is 113 Å². The Balaban J connectivity index is 2.44. The highest BCUT2D eigenvalue weighted by Crippen LogP contribution is 2.38. The van der Waals surface area contributed by atoms with E-state index < -0.39 is 12.1 Å². The molecule has 1 rings (SSSR count). The molecule has 3 N–H and O–H groups in total. The average molecular weight is 272 g/mol. The molecule has 0 bridgehead atoms. The maximum Gasteiger partial charge on any atom is 0.426 e. The molecular weight excluding hydrogens is 248 g/mol. The molecule has 6 heteroatoms. The Morgan fingerprint density at radius 3 is 2.42 bits per heavy atom. The molecule has 110 valence electrons. The van der Waals surface area contributed by atoms with Crippen molar-refractivity contribution in [3.8, 4) is 0 Å². The van der Waals surface area contributed by atoms with Gasteiger partial charge in [0.05, 0.1) is 6.42 Å². The predicted octanol–water partition coefficient (Wildman–Crippen LogP) is 2.05. The smallest absolute Gasteiger partial charge is 0.426 e. The summed E-state index contributed by atoms with van der Waals surface area (Å²) in [6.45, 7) is 4.08. The van der Waals surface area contributed by atoms with Gasteiger partial charge in [0.25, 0.3) is 0 Å². The first-order valence-corrected chi connectivity index (χ1v) is 6.85. The molecule has 1 saturated carbocycles. The van der Waals surface area contributed by atoms with Crippen molar-refractivity contribution in [3.63, 3.8) is 0 Å². The van der Waals surface area contributed by atoms with Crippen LogP contribution in [-0.4, -0.2) is 29.8 Å². The largest absolute Gasteiger partial charge is 0.481 e. The Kier molecular flexibility index (Phi) is 6.08.